The van der Waals surface area contributed by atoms with Crippen molar-refractivity contribution < 1.29 is 27.9 Å². The van der Waals surface area contributed by atoms with Gasteiger partial charge in [0.15, 0.2) is 11.5 Å². The quantitative estimate of drug-likeness (QED) is 0.419. The molecule has 0 spiro atoms. The van der Waals surface area contributed by atoms with Crippen LogP contribution in [0.5, 0.6) is 0 Å². The molecule has 30 heavy (non-hydrogen) atoms. The van der Waals surface area contributed by atoms with E-state index in [1.807, 2.05) is 0 Å². The van der Waals surface area contributed by atoms with Gasteiger partial charge in [-0.25, -0.2) is 13.8 Å². The Morgan fingerprint density at radius 3 is 2.37 bits per heavy atom. The summed E-state index contributed by atoms with van der Waals surface area (Å²) in [6, 6.07) is 12.1. The largest absolute Gasteiger partial charge is 0.458 e. The summed E-state index contributed by atoms with van der Waals surface area (Å²) in [5.41, 5.74) is 0.179. The third-order valence-electron chi connectivity index (χ3n) is 4.17. The molecule has 0 atom stereocenters. The number of hydrogen-bond acceptors (Lipinski definition) is 5. The van der Waals surface area contributed by atoms with E-state index in [1.54, 1.807) is 39.0 Å². The first-order chi connectivity index (χ1) is 14.1. The fourth-order valence-corrected chi connectivity index (χ4v) is 2.83. The molecular formula is C23H22FNO5. The van der Waals surface area contributed by atoms with Crippen molar-refractivity contribution in [2.24, 2.45) is 0 Å². The van der Waals surface area contributed by atoms with Gasteiger partial charge in [0.1, 0.15) is 17.2 Å². The number of rotatable bonds is 6. The van der Waals surface area contributed by atoms with Crippen LogP contribution in [0.3, 0.4) is 0 Å². The topological polar surface area (TPSA) is 78.5 Å². The third kappa shape index (κ3) is 5.31. The third-order valence-corrected chi connectivity index (χ3v) is 4.17. The lowest BCUT2D eigenvalue weighted by Crippen LogP contribution is -2.28. The molecule has 0 fully saturated rings. The van der Waals surface area contributed by atoms with Crippen molar-refractivity contribution in [3.63, 3.8) is 0 Å². The van der Waals surface area contributed by atoms with E-state index >= 15 is 0 Å². The first kappa shape index (κ1) is 21.2. The van der Waals surface area contributed by atoms with Crippen molar-refractivity contribution in [1.29, 1.82) is 0 Å². The highest BCUT2D eigenvalue weighted by molar-refractivity contribution is 6.12. The smallest absolute Gasteiger partial charge is 0.419 e. The van der Waals surface area contributed by atoms with Crippen molar-refractivity contribution in [3.8, 4) is 0 Å². The Bertz CT molecular complexity index is 1070. The van der Waals surface area contributed by atoms with Crippen LogP contribution in [0.4, 0.5) is 9.18 Å². The Hall–Kier alpha value is -3.48. The van der Waals surface area contributed by atoms with E-state index in [4.69, 9.17) is 9.15 Å². The molecule has 7 heteroatoms. The number of benzene rings is 1. The number of hydrogen-bond donors (Lipinski definition) is 0. The van der Waals surface area contributed by atoms with Crippen molar-refractivity contribution in [2.75, 3.05) is 0 Å². The standard InChI is InChI=1S/C23H22FNO5/c1-23(2,3)30-22(28)25-12-4-5-18(25)19(26)14-20(27)21-11-10-17(29-21)13-15-6-8-16(24)9-7-15/h4-12H,13-14H2,1-3H3. The molecule has 0 radical (unpaired) electrons. The van der Waals surface area contributed by atoms with Gasteiger partial charge in [0, 0.05) is 12.6 Å². The molecular weight excluding hydrogens is 389 g/mol. The average molecular weight is 411 g/mol. The molecule has 3 aromatic rings. The fraction of sp³-hybridized carbons (Fsp3) is 0.261. The lowest BCUT2D eigenvalue weighted by Gasteiger charge is -2.20. The van der Waals surface area contributed by atoms with Crippen LogP contribution in [0.25, 0.3) is 0 Å². The van der Waals surface area contributed by atoms with Gasteiger partial charge in [-0.2, -0.15) is 0 Å². The molecule has 0 amide bonds. The summed E-state index contributed by atoms with van der Waals surface area (Å²) >= 11 is 0. The fourth-order valence-electron chi connectivity index (χ4n) is 2.83. The lowest BCUT2D eigenvalue weighted by atomic mass is 10.1. The molecule has 0 N–H and O–H groups in total. The van der Waals surface area contributed by atoms with Crippen LogP contribution in [-0.4, -0.2) is 27.8 Å². The second-order valence-corrected chi connectivity index (χ2v) is 7.84. The predicted molar refractivity (Wildman–Crippen MR) is 107 cm³/mol. The van der Waals surface area contributed by atoms with Gasteiger partial charge in [0.2, 0.25) is 5.78 Å². The van der Waals surface area contributed by atoms with Crippen LogP contribution in [0.15, 0.2) is 59.1 Å². The SMILES string of the molecule is CC(C)(C)OC(=O)n1cccc1C(=O)CC(=O)c1ccc(Cc2ccc(F)cc2)o1. The Balaban J connectivity index is 1.66. The molecule has 6 nitrogen and oxygen atoms in total. The molecule has 1 aromatic carbocycles. The normalized spacial score (nSPS) is 11.3. The minimum absolute atomic E-state index is 0.0517. The second kappa shape index (κ2) is 8.49. The molecule has 0 saturated carbocycles. The van der Waals surface area contributed by atoms with Crippen LogP contribution < -0.4 is 0 Å². The Morgan fingerprint density at radius 1 is 1.00 bits per heavy atom. The number of ether oxygens (including phenoxy) is 1. The summed E-state index contributed by atoms with van der Waals surface area (Å²) in [6.07, 6.45) is 0.668. The number of furan rings is 1. The average Bonchev–Trinajstić information content (AvgIpc) is 3.31. The van der Waals surface area contributed by atoms with E-state index in [2.05, 4.69) is 0 Å². The lowest BCUT2D eigenvalue weighted by molar-refractivity contribution is 0.0526. The predicted octanol–water partition coefficient (Wildman–Crippen LogP) is 5.05. The second-order valence-electron chi connectivity index (χ2n) is 7.84. The molecule has 0 aliphatic rings. The number of aromatic nitrogens is 1. The number of halogens is 1. The van der Waals surface area contributed by atoms with E-state index < -0.39 is 29.7 Å². The van der Waals surface area contributed by atoms with Crippen LogP contribution in [0, 0.1) is 5.82 Å². The van der Waals surface area contributed by atoms with Gasteiger partial charge < -0.3 is 9.15 Å². The van der Waals surface area contributed by atoms with Gasteiger partial charge in [0.25, 0.3) is 0 Å². The number of carbonyl (C=O) groups excluding carboxylic acids is 3. The first-order valence-electron chi connectivity index (χ1n) is 9.42. The van der Waals surface area contributed by atoms with Crippen LogP contribution in [0.2, 0.25) is 0 Å². The van der Waals surface area contributed by atoms with E-state index in [0.717, 1.165) is 10.1 Å². The van der Waals surface area contributed by atoms with Crippen molar-refractivity contribution in [3.05, 3.63) is 83.3 Å². The molecule has 156 valence electrons. The summed E-state index contributed by atoms with van der Waals surface area (Å²) in [6.45, 7) is 5.17. The van der Waals surface area contributed by atoms with Crippen molar-refractivity contribution in [1.82, 2.24) is 4.57 Å². The van der Waals surface area contributed by atoms with Gasteiger partial charge in [0.05, 0.1) is 12.1 Å². The van der Waals surface area contributed by atoms with E-state index in [1.165, 1.54) is 36.5 Å². The number of ketones is 2. The van der Waals surface area contributed by atoms with Crippen LogP contribution in [0.1, 0.15) is 59.6 Å². The molecule has 2 heterocycles. The van der Waals surface area contributed by atoms with E-state index in [9.17, 15) is 18.8 Å². The Morgan fingerprint density at radius 2 is 1.70 bits per heavy atom. The minimum atomic E-state index is -0.716. The van der Waals surface area contributed by atoms with E-state index in [0.29, 0.717) is 12.2 Å². The van der Waals surface area contributed by atoms with Crippen molar-refractivity contribution in [2.45, 2.75) is 39.2 Å². The molecule has 0 aliphatic heterocycles. The summed E-state index contributed by atoms with van der Waals surface area (Å²) in [5, 5.41) is 0. The monoisotopic (exact) mass is 411 g/mol. The highest BCUT2D eigenvalue weighted by atomic mass is 19.1. The van der Waals surface area contributed by atoms with Gasteiger partial charge in [-0.3, -0.25) is 9.59 Å². The first-order valence-corrected chi connectivity index (χ1v) is 9.42. The van der Waals surface area contributed by atoms with E-state index in [-0.39, 0.29) is 17.3 Å². The van der Waals surface area contributed by atoms with Gasteiger partial charge in [-0.05, 0) is 62.7 Å². The zero-order chi connectivity index (χ0) is 21.9. The maximum Gasteiger partial charge on any atom is 0.419 e. The van der Waals surface area contributed by atoms with Crippen molar-refractivity contribution >= 4 is 17.7 Å². The Kier molecular flexibility index (Phi) is 6.01. The summed E-state index contributed by atoms with van der Waals surface area (Å²) in [5.74, 6) is -0.774. The number of Topliss-reactive ketones (excluding diaryl/α,β-unsaturated/α-hetero) is 2. The highest BCUT2D eigenvalue weighted by Crippen LogP contribution is 2.17. The van der Waals surface area contributed by atoms with Gasteiger partial charge in [-0.1, -0.05) is 12.1 Å². The van der Waals surface area contributed by atoms with Crippen LogP contribution >= 0.6 is 0 Å². The van der Waals surface area contributed by atoms with Crippen LogP contribution in [-0.2, 0) is 11.2 Å². The molecule has 0 saturated heterocycles. The number of nitrogens with zero attached hydrogens (tertiary/aromatic N) is 1. The summed E-state index contributed by atoms with van der Waals surface area (Å²) in [4.78, 5) is 37.3. The molecule has 0 aliphatic carbocycles. The zero-order valence-corrected chi connectivity index (χ0v) is 17.0. The maximum atomic E-state index is 13.0. The molecule has 2 aromatic heterocycles. The Labute approximate surface area is 173 Å². The molecule has 3 rings (SSSR count). The summed E-state index contributed by atoms with van der Waals surface area (Å²) < 4.78 is 24.9. The van der Waals surface area contributed by atoms with Gasteiger partial charge in [-0.15, -0.1) is 0 Å². The summed E-state index contributed by atoms with van der Waals surface area (Å²) in [7, 11) is 0. The number of carbonyl (C=O) groups is 3. The highest BCUT2D eigenvalue weighted by Gasteiger charge is 2.24. The molecule has 0 unspecified atom stereocenters. The minimum Gasteiger partial charge on any atom is -0.458 e. The molecule has 0 bridgehead atoms. The zero-order valence-electron chi connectivity index (χ0n) is 17.0. The maximum absolute atomic E-state index is 13.0. The van der Waals surface area contributed by atoms with Gasteiger partial charge >= 0.3 is 6.09 Å².